The van der Waals surface area contributed by atoms with Crippen molar-refractivity contribution in [3.8, 4) is 11.3 Å². The van der Waals surface area contributed by atoms with Crippen molar-refractivity contribution in [1.82, 2.24) is 9.97 Å². The molecule has 0 aliphatic carbocycles. The lowest BCUT2D eigenvalue weighted by molar-refractivity contribution is 0.496. The van der Waals surface area contributed by atoms with Gasteiger partial charge in [-0.3, -0.25) is 0 Å². The molecule has 0 N–H and O–H groups in total. The van der Waals surface area contributed by atoms with Crippen molar-refractivity contribution in [2.45, 2.75) is 0 Å². The van der Waals surface area contributed by atoms with Crippen LogP contribution < -0.4 is 0 Å². The first-order valence-corrected chi connectivity index (χ1v) is 4.59. The molecule has 0 atom stereocenters. The van der Waals surface area contributed by atoms with Crippen LogP contribution in [0, 0.1) is 17.5 Å². The van der Waals surface area contributed by atoms with Crippen LogP contribution in [0.2, 0.25) is 5.28 Å². The predicted octanol–water partition coefficient (Wildman–Crippen LogP) is 3.21. The average molecular weight is 245 g/mol. The Bertz CT molecular complexity index is 546. The molecule has 2 aromatic rings. The Hall–Kier alpha value is -1.62. The topological polar surface area (TPSA) is 25.8 Å². The largest absolute Gasteiger partial charge is 0.226 e. The Morgan fingerprint density at radius 1 is 1.00 bits per heavy atom. The zero-order valence-electron chi connectivity index (χ0n) is 7.72. The molecule has 1 heterocycles. The second-order valence-corrected chi connectivity index (χ2v) is 3.30. The van der Waals surface area contributed by atoms with Gasteiger partial charge in [0.1, 0.15) is 5.82 Å². The van der Waals surface area contributed by atoms with Crippen LogP contribution >= 0.6 is 11.6 Å². The summed E-state index contributed by atoms with van der Waals surface area (Å²) in [5.74, 6) is -3.30. The fourth-order valence-corrected chi connectivity index (χ4v) is 1.35. The normalized spacial score (nSPS) is 10.5. The highest BCUT2D eigenvalue weighted by Crippen LogP contribution is 2.23. The van der Waals surface area contributed by atoms with E-state index >= 15 is 0 Å². The lowest BCUT2D eigenvalue weighted by Gasteiger charge is -2.03. The highest BCUT2D eigenvalue weighted by molar-refractivity contribution is 6.28. The fraction of sp³-hybridized carbons (Fsp3) is 0. The molecule has 1 aromatic carbocycles. The van der Waals surface area contributed by atoms with Crippen molar-refractivity contribution in [3.63, 3.8) is 0 Å². The van der Waals surface area contributed by atoms with Gasteiger partial charge in [-0.1, -0.05) is 0 Å². The number of hydrogen-bond acceptors (Lipinski definition) is 2. The summed E-state index contributed by atoms with van der Waals surface area (Å²) in [5, 5.41) is -0.0957. The minimum atomic E-state index is -1.25. The standard InChI is InChI=1S/C10H4ClF3N2/c11-10-15-2-1-9(16-10)5-3-7(13)8(14)4-6(5)12/h1-4H. The highest BCUT2D eigenvalue weighted by Gasteiger charge is 2.12. The highest BCUT2D eigenvalue weighted by atomic mass is 35.5. The number of halogens is 4. The Kier molecular flexibility index (Phi) is 2.78. The van der Waals surface area contributed by atoms with Crippen molar-refractivity contribution < 1.29 is 13.2 Å². The minimum absolute atomic E-state index is 0.0939. The molecular formula is C10H4ClF3N2. The zero-order valence-corrected chi connectivity index (χ0v) is 8.47. The van der Waals surface area contributed by atoms with Gasteiger partial charge < -0.3 is 0 Å². The van der Waals surface area contributed by atoms with Crippen molar-refractivity contribution in [2.75, 3.05) is 0 Å². The smallest absolute Gasteiger partial charge is 0.222 e. The first-order valence-electron chi connectivity index (χ1n) is 4.21. The van der Waals surface area contributed by atoms with E-state index in [1.807, 2.05) is 0 Å². The summed E-state index contributed by atoms with van der Waals surface area (Å²) in [6.45, 7) is 0. The van der Waals surface area contributed by atoms with Gasteiger partial charge in [0.15, 0.2) is 11.6 Å². The lowest BCUT2D eigenvalue weighted by atomic mass is 10.1. The molecule has 0 amide bonds. The molecular weight excluding hydrogens is 241 g/mol. The van der Waals surface area contributed by atoms with E-state index in [1.54, 1.807) is 0 Å². The Balaban J connectivity index is 2.60. The van der Waals surface area contributed by atoms with Crippen LogP contribution in [0.4, 0.5) is 13.2 Å². The van der Waals surface area contributed by atoms with Crippen LogP contribution in [0.3, 0.4) is 0 Å². The summed E-state index contributed by atoms with van der Waals surface area (Å²) in [6.07, 6.45) is 1.30. The summed E-state index contributed by atoms with van der Waals surface area (Å²) in [5.41, 5.74) is -0.0698. The minimum Gasteiger partial charge on any atom is -0.226 e. The van der Waals surface area contributed by atoms with E-state index in [2.05, 4.69) is 9.97 Å². The number of nitrogens with zero attached hydrogens (tertiary/aromatic N) is 2. The van der Waals surface area contributed by atoms with E-state index in [1.165, 1.54) is 12.3 Å². The van der Waals surface area contributed by atoms with Crippen molar-refractivity contribution in [1.29, 1.82) is 0 Å². The maximum atomic E-state index is 13.3. The predicted molar refractivity (Wildman–Crippen MR) is 52.4 cm³/mol. The summed E-state index contributed by atoms with van der Waals surface area (Å²) in [7, 11) is 0. The van der Waals surface area contributed by atoms with E-state index in [0.29, 0.717) is 6.07 Å². The molecule has 0 aliphatic heterocycles. The quantitative estimate of drug-likeness (QED) is 0.569. The van der Waals surface area contributed by atoms with Crippen LogP contribution in [0.25, 0.3) is 11.3 Å². The Morgan fingerprint density at radius 2 is 1.69 bits per heavy atom. The molecule has 0 saturated heterocycles. The maximum absolute atomic E-state index is 13.3. The van der Waals surface area contributed by atoms with Gasteiger partial charge in [0.2, 0.25) is 5.28 Å². The van der Waals surface area contributed by atoms with E-state index < -0.39 is 17.5 Å². The molecule has 0 saturated carbocycles. The van der Waals surface area contributed by atoms with E-state index in [0.717, 1.165) is 6.07 Å². The van der Waals surface area contributed by atoms with E-state index in [-0.39, 0.29) is 16.5 Å². The Morgan fingerprint density at radius 3 is 2.38 bits per heavy atom. The first kappa shape index (κ1) is 10.9. The van der Waals surface area contributed by atoms with Gasteiger partial charge in [0.05, 0.1) is 5.69 Å². The molecule has 0 unspecified atom stereocenters. The van der Waals surface area contributed by atoms with Crippen molar-refractivity contribution in [2.24, 2.45) is 0 Å². The first-order chi connectivity index (χ1) is 7.58. The molecule has 0 aliphatic rings. The summed E-state index contributed by atoms with van der Waals surface area (Å²) in [6, 6.07) is 2.53. The molecule has 1 aromatic heterocycles. The lowest BCUT2D eigenvalue weighted by Crippen LogP contribution is -1.94. The van der Waals surface area contributed by atoms with E-state index in [9.17, 15) is 13.2 Å². The van der Waals surface area contributed by atoms with Crippen LogP contribution in [0.1, 0.15) is 0 Å². The third kappa shape index (κ3) is 1.99. The maximum Gasteiger partial charge on any atom is 0.222 e. The van der Waals surface area contributed by atoms with Gasteiger partial charge in [-0.05, 0) is 23.7 Å². The monoisotopic (exact) mass is 244 g/mol. The molecule has 6 heteroatoms. The van der Waals surface area contributed by atoms with Gasteiger partial charge in [0.25, 0.3) is 0 Å². The Labute approximate surface area is 93.7 Å². The summed E-state index contributed by atoms with van der Waals surface area (Å²) in [4.78, 5) is 7.30. The second kappa shape index (κ2) is 4.09. The van der Waals surface area contributed by atoms with E-state index in [4.69, 9.17) is 11.6 Å². The summed E-state index contributed by atoms with van der Waals surface area (Å²) < 4.78 is 38.9. The number of hydrogen-bond donors (Lipinski definition) is 0. The fourth-order valence-electron chi connectivity index (χ4n) is 1.20. The van der Waals surface area contributed by atoms with Crippen LogP contribution in [-0.2, 0) is 0 Å². The third-order valence-electron chi connectivity index (χ3n) is 1.91. The zero-order chi connectivity index (χ0) is 11.7. The second-order valence-electron chi connectivity index (χ2n) is 2.96. The van der Waals surface area contributed by atoms with Crippen molar-refractivity contribution in [3.05, 3.63) is 47.1 Å². The molecule has 82 valence electrons. The molecule has 2 nitrogen and oxygen atoms in total. The average Bonchev–Trinajstić information content (AvgIpc) is 2.23. The molecule has 0 radical (unpaired) electrons. The number of benzene rings is 1. The van der Waals surface area contributed by atoms with Gasteiger partial charge in [-0.15, -0.1) is 0 Å². The van der Waals surface area contributed by atoms with Gasteiger partial charge >= 0.3 is 0 Å². The van der Waals surface area contributed by atoms with Crippen LogP contribution in [-0.4, -0.2) is 9.97 Å². The molecule has 16 heavy (non-hydrogen) atoms. The number of aromatic nitrogens is 2. The van der Waals surface area contributed by atoms with Crippen LogP contribution in [0.15, 0.2) is 24.4 Å². The van der Waals surface area contributed by atoms with Gasteiger partial charge in [0, 0.05) is 17.8 Å². The van der Waals surface area contributed by atoms with Crippen LogP contribution in [0.5, 0.6) is 0 Å². The molecule has 2 rings (SSSR count). The summed E-state index contributed by atoms with van der Waals surface area (Å²) >= 11 is 5.51. The van der Waals surface area contributed by atoms with Gasteiger partial charge in [-0.2, -0.15) is 0 Å². The molecule has 0 fully saturated rings. The third-order valence-corrected chi connectivity index (χ3v) is 2.09. The molecule has 0 spiro atoms. The SMILES string of the molecule is Fc1cc(F)c(-c2ccnc(Cl)n2)cc1F. The van der Waals surface area contributed by atoms with Gasteiger partial charge in [-0.25, -0.2) is 23.1 Å². The number of rotatable bonds is 1. The van der Waals surface area contributed by atoms with Crippen molar-refractivity contribution >= 4 is 11.6 Å². The molecule has 0 bridgehead atoms.